The molecule has 1 aliphatic carbocycles. The number of benzene rings is 1. The van der Waals surface area contributed by atoms with Crippen molar-refractivity contribution in [1.82, 2.24) is 0 Å². The van der Waals surface area contributed by atoms with Crippen LogP contribution in [0.2, 0.25) is 0 Å². The highest BCUT2D eigenvalue weighted by atomic mass is 19.4. The fourth-order valence-corrected chi connectivity index (χ4v) is 1.72. The molecule has 1 fully saturated rings. The van der Waals surface area contributed by atoms with E-state index < -0.39 is 28.6 Å². The summed E-state index contributed by atoms with van der Waals surface area (Å²) in [7, 11) is 0. The molecule has 0 aliphatic heterocycles. The molecular weight excluding hydrogens is 271 g/mol. The Morgan fingerprint density at radius 1 is 1.30 bits per heavy atom. The van der Waals surface area contributed by atoms with Gasteiger partial charge in [0.1, 0.15) is 5.41 Å². The van der Waals surface area contributed by atoms with Gasteiger partial charge in [-0.05, 0) is 31.0 Å². The van der Waals surface area contributed by atoms with E-state index in [9.17, 15) is 18.0 Å². The van der Waals surface area contributed by atoms with Crippen molar-refractivity contribution < 1.29 is 18.0 Å². The number of nitrogens with zero attached hydrogens (tertiary/aromatic N) is 2. The topological polar surface area (TPSA) is 76.7 Å². The van der Waals surface area contributed by atoms with Gasteiger partial charge in [0, 0.05) is 5.69 Å². The maximum absolute atomic E-state index is 12.7. The number of alkyl halides is 3. The predicted molar refractivity (Wildman–Crippen MR) is 62.1 cm³/mol. The Bertz CT molecular complexity index is 648. The molecule has 1 saturated carbocycles. The van der Waals surface area contributed by atoms with Crippen molar-refractivity contribution in [1.29, 1.82) is 10.5 Å². The van der Waals surface area contributed by atoms with E-state index in [-0.39, 0.29) is 5.69 Å². The van der Waals surface area contributed by atoms with E-state index in [2.05, 4.69) is 5.32 Å². The summed E-state index contributed by atoms with van der Waals surface area (Å²) in [6.07, 6.45) is -3.88. The van der Waals surface area contributed by atoms with Crippen LogP contribution in [0.15, 0.2) is 18.2 Å². The van der Waals surface area contributed by atoms with Crippen molar-refractivity contribution in [3.8, 4) is 12.1 Å². The van der Waals surface area contributed by atoms with Crippen LogP contribution in [-0.2, 0) is 11.0 Å². The summed E-state index contributed by atoms with van der Waals surface area (Å²) in [4.78, 5) is 11.8. The normalized spacial score (nSPS) is 15.8. The second-order valence-corrected chi connectivity index (χ2v) is 4.52. The molecule has 0 spiro atoms. The van der Waals surface area contributed by atoms with E-state index >= 15 is 0 Å². The van der Waals surface area contributed by atoms with E-state index in [1.807, 2.05) is 6.07 Å². The van der Waals surface area contributed by atoms with Gasteiger partial charge in [-0.3, -0.25) is 4.79 Å². The van der Waals surface area contributed by atoms with Gasteiger partial charge in [-0.2, -0.15) is 23.7 Å². The predicted octanol–water partition coefficient (Wildman–Crippen LogP) is 2.82. The van der Waals surface area contributed by atoms with Crippen molar-refractivity contribution in [2.45, 2.75) is 19.0 Å². The number of nitrogens with one attached hydrogen (secondary N) is 1. The summed E-state index contributed by atoms with van der Waals surface area (Å²) < 4.78 is 38.2. The Hall–Kier alpha value is -2.54. The minimum atomic E-state index is -4.68. The number of nitriles is 2. The van der Waals surface area contributed by atoms with Crippen LogP contribution in [0.5, 0.6) is 0 Å². The molecule has 7 heteroatoms. The molecule has 0 saturated heterocycles. The summed E-state index contributed by atoms with van der Waals surface area (Å²) in [5.74, 6) is -0.613. The lowest BCUT2D eigenvalue weighted by Gasteiger charge is -2.12. The van der Waals surface area contributed by atoms with E-state index in [1.54, 1.807) is 0 Å². The highest BCUT2D eigenvalue weighted by Crippen LogP contribution is 2.46. The van der Waals surface area contributed by atoms with Gasteiger partial charge in [0.05, 0.1) is 23.3 Å². The number of hydrogen-bond donors (Lipinski definition) is 1. The lowest BCUT2D eigenvalue weighted by Crippen LogP contribution is -2.23. The zero-order valence-corrected chi connectivity index (χ0v) is 10.1. The van der Waals surface area contributed by atoms with Crippen LogP contribution in [0.3, 0.4) is 0 Å². The molecule has 1 aliphatic rings. The minimum absolute atomic E-state index is 0.0807. The lowest BCUT2D eigenvalue weighted by molar-refractivity contribution is -0.137. The second-order valence-electron chi connectivity index (χ2n) is 4.52. The summed E-state index contributed by atoms with van der Waals surface area (Å²) in [6.45, 7) is 0. The number of hydrogen-bond acceptors (Lipinski definition) is 3. The quantitative estimate of drug-likeness (QED) is 0.904. The fraction of sp³-hybridized carbons (Fsp3) is 0.308. The molecule has 102 valence electrons. The van der Waals surface area contributed by atoms with Crippen LogP contribution in [0.4, 0.5) is 18.9 Å². The van der Waals surface area contributed by atoms with Gasteiger partial charge in [0.25, 0.3) is 0 Å². The molecule has 0 heterocycles. The molecular formula is C13H8F3N3O. The molecule has 0 unspecified atom stereocenters. The van der Waals surface area contributed by atoms with Gasteiger partial charge in [-0.25, -0.2) is 0 Å². The minimum Gasteiger partial charge on any atom is -0.325 e. The second kappa shape index (κ2) is 4.53. The van der Waals surface area contributed by atoms with E-state index in [0.29, 0.717) is 18.9 Å². The molecule has 20 heavy (non-hydrogen) atoms. The fourth-order valence-electron chi connectivity index (χ4n) is 1.72. The van der Waals surface area contributed by atoms with Gasteiger partial charge < -0.3 is 5.32 Å². The monoisotopic (exact) mass is 279 g/mol. The molecule has 1 aromatic carbocycles. The molecule has 0 atom stereocenters. The lowest BCUT2D eigenvalue weighted by atomic mass is 10.1. The Morgan fingerprint density at radius 3 is 2.40 bits per heavy atom. The molecule has 1 aromatic rings. The van der Waals surface area contributed by atoms with Gasteiger partial charge >= 0.3 is 6.18 Å². The maximum Gasteiger partial charge on any atom is 0.417 e. The third kappa shape index (κ3) is 2.43. The number of carbonyl (C=O) groups is 1. The van der Waals surface area contributed by atoms with E-state index in [4.69, 9.17) is 10.5 Å². The first kappa shape index (κ1) is 13.9. The standard InChI is InChI=1S/C13H8F3N3O/c14-13(15,16)10-5-9(2-1-8(10)6-17)19-11(20)12(7-18)3-4-12/h1-2,5H,3-4H2,(H,19,20). The van der Waals surface area contributed by atoms with Gasteiger partial charge in [-0.1, -0.05) is 0 Å². The van der Waals surface area contributed by atoms with E-state index in [1.165, 1.54) is 12.1 Å². The van der Waals surface area contributed by atoms with Crippen LogP contribution in [-0.4, -0.2) is 5.91 Å². The van der Waals surface area contributed by atoms with E-state index in [0.717, 1.165) is 6.07 Å². The van der Waals surface area contributed by atoms with Crippen molar-refractivity contribution in [3.63, 3.8) is 0 Å². The average Bonchev–Trinajstić information content (AvgIpc) is 3.18. The van der Waals surface area contributed by atoms with Crippen LogP contribution in [0.25, 0.3) is 0 Å². The largest absolute Gasteiger partial charge is 0.417 e. The van der Waals surface area contributed by atoms with Crippen LogP contribution in [0, 0.1) is 28.1 Å². The molecule has 2 rings (SSSR count). The van der Waals surface area contributed by atoms with Crippen LogP contribution < -0.4 is 5.32 Å². The summed E-state index contributed by atoms with van der Waals surface area (Å²) >= 11 is 0. The van der Waals surface area contributed by atoms with Crippen molar-refractivity contribution in [2.75, 3.05) is 5.32 Å². The van der Waals surface area contributed by atoms with Crippen molar-refractivity contribution in [3.05, 3.63) is 29.3 Å². The molecule has 0 aromatic heterocycles. The van der Waals surface area contributed by atoms with Gasteiger partial charge in [0.15, 0.2) is 0 Å². The number of amides is 1. The first-order valence-electron chi connectivity index (χ1n) is 5.66. The first-order chi connectivity index (χ1) is 9.32. The number of rotatable bonds is 2. The summed E-state index contributed by atoms with van der Waals surface area (Å²) in [6, 6.07) is 6.20. The zero-order valence-electron chi connectivity index (χ0n) is 10.1. The molecule has 4 nitrogen and oxygen atoms in total. The van der Waals surface area contributed by atoms with Crippen molar-refractivity contribution >= 4 is 11.6 Å². The Kier molecular flexibility index (Phi) is 3.15. The number of carbonyl (C=O) groups excluding carboxylic acids is 1. The van der Waals surface area contributed by atoms with Gasteiger partial charge in [-0.15, -0.1) is 0 Å². The Balaban J connectivity index is 2.29. The third-order valence-corrected chi connectivity index (χ3v) is 3.10. The SMILES string of the molecule is N#Cc1ccc(NC(=O)C2(C#N)CC2)cc1C(F)(F)F. The highest BCUT2D eigenvalue weighted by molar-refractivity contribution is 5.99. The Labute approximate surface area is 112 Å². The van der Waals surface area contributed by atoms with Crippen LogP contribution in [0.1, 0.15) is 24.0 Å². The summed E-state index contributed by atoms with van der Waals surface area (Å²) in [5, 5.41) is 19.8. The first-order valence-corrected chi connectivity index (χ1v) is 5.66. The van der Waals surface area contributed by atoms with Crippen LogP contribution >= 0.6 is 0 Å². The molecule has 0 radical (unpaired) electrons. The Morgan fingerprint density at radius 2 is 1.95 bits per heavy atom. The summed E-state index contributed by atoms with van der Waals surface area (Å²) in [5.41, 5.74) is -2.83. The maximum atomic E-state index is 12.7. The average molecular weight is 279 g/mol. The molecule has 1 N–H and O–H groups in total. The van der Waals surface area contributed by atoms with Gasteiger partial charge in [0.2, 0.25) is 5.91 Å². The molecule has 1 amide bonds. The van der Waals surface area contributed by atoms with Crippen molar-refractivity contribution in [2.24, 2.45) is 5.41 Å². The number of anilines is 1. The smallest absolute Gasteiger partial charge is 0.325 e. The zero-order chi connectivity index (χ0) is 15.0. The number of halogens is 3. The third-order valence-electron chi connectivity index (χ3n) is 3.10. The molecule has 0 bridgehead atoms. The highest BCUT2D eigenvalue weighted by Gasteiger charge is 2.50.